The number of pyridine rings is 1. The van der Waals surface area contributed by atoms with Crippen LogP contribution in [0.2, 0.25) is 0 Å². The van der Waals surface area contributed by atoms with Crippen molar-refractivity contribution >= 4 is 29.9 Å². The maximum Gasteiger partial charge on any atom is 0.422 e. The lowest BCUT2D eigenvalue weighted by atomic mass is 10.2. The molecular weight excluding hydrogens is 412 g/mol. The summed E-state index contributed by atoms with van der Waals surface area (Å²) in [5, 5.41) is 2.96. The van der Waals surface area contributed by atoms with Crippen LogP contribution in [0.1, 0.15) is 25.8 Å². The molecule has 0 fully saturated rings. The van der Waals surface area contributed by atoms with Gasteiger partial charge in [-0.2, -0.15) is 13.2 Å². The predicted octanol–water partition coefficient (Wildman–Crippen LogP) is 2.84. The van der Waals surface area contributed by atoms with E-state index in [9.17, 15) is 13.2 Å². The monoisotopic (exact) mass is 432 g/mol. The highest BCUT2D eigenvalue weighted by molar-refractivity contribution is 14.0. The summed E-state index contributed by atoms with van der Waals surface area (Å²) < 4.78 is 41.1. The second kappa shape index (κ2) is 9.70. The predicted molar refractivity (Wildman–Crippen MR) is 89.4 cm³/mol. The van der Waals surface area contributed by atoms with Crippen LogP contribution in [-0.4, -0.2) is 29.8 Å². The molecule has 1 aromatic heterocycles. The molecule has 1 atom stereocenters. The number of aliphatic imine (C=N–C) groups is 1. The van der Waals surface area contributed by atoms with Crippen LogP contribution in [0.25, 0.3) is 0 Å². The highest BCUT2D eigenvalue weighted by Crippen LogP contribution is 2.20. The molecule has 0 radical (unpaired) electrons. The van der Waals surface area contributed by atoms with E-state index in [1.807, 2.05) is 13.8 Å². The van der Waals surface area contributed by atoms with Gasteiger partial charge in [0.15, 0.2) is 12.6 Å². The third-order valence-corrected chi connectivity index (χ3v) is 2.65. The Morgan fingerprint density at radius 1 is 1.50 bits per heavy atom. The third-order valence-electron chi connectivity index (χ3n) is 2.65. The smallest absolute Gasteiger partial charge is 0.422 e. The Bertz CT molecular complexity index is 483. The minimum atomic E-state index is -4.41. The van der Waals surface area contributed by atoms with Crippen molar-refractivity contribution in [1.29, 1.82) is 0 Å². The summed E-state index contributed by atoms with van der Waals surface area (Å²) in [5.74, 6) is 0.143. The largest absolute Gasteiger partial charge is 0.468 e. The van der Waals surface area contributed by atoms with Gasteiger partial charge in [0, 0.05) is 17.8 Å². The Kier molecular flexibility index (Phi) is 9.14. The molecule has 22 heavy (non-hydrogen) atoms. The number of hydrogen-bond donors (Lipinski definition) is 2. The van der Waals surface area contributed by atoms with Gasteiger partial charge in [0.2, 0.25) is 5.88 Å². The van der Waals surface area contributed by atoms with Crippen LogP contribution in [0.3, 0.4) is 0 Å². The van der Waals surface area contributed by atoms with Gasteiger partial charge in [-0.05, 0) is 19.4 Å². The molecule has 0 saturated heterocycles. The van der Waals surface area contributed by atoms with Gasteiger partial charge in [0.25, 0.3) is 0 Å². The molecule has 1 aromatic rings. The summed E-state index contributed by atoms with van der Waals surface area (Å²) in [6.07, 6.45) is -2.17. The highest BCUT2D eigenvalue weighted by atomic mass is 127. The zero-order valence-corrected chi connectivity index (χ0v) is 14.7. The van der Waals surface area contributed by atoms with Gasteiger partial charge in [0.1, 0.15) is 0 Å². The van der Waals surface area contributed by atoms with Crippen molar-refractivity contribution in [3.8, 4) is 5.88 Å². The van der Waals surface area contributed by atoms with E-state index in [4.69, 9.17) is 5.73 Å². The minimum Gasteiger partial charge on any atom is -0.468 e. The van der Waals surface area contributed by atoms with Crippen molar-refractivity contribution in [2.24, 2.45) is 10.7 Å². The van der Waals surface area contributed by atoms with Crippen molar-refractivity contribution in [2.75, 3.05) is 6.61 Å². The number of halogens is 4. The van der Waals surface area contributed by atoms with E-state index < -0.39 is 12.8 Å². The number of nitrogens with two attached hydrogens (primary N) is 1. The fraction of sp³-hybridized carbons (Fsp3) is 0.538. The standard InChI is InChI=1S/C13H19F3N4O.HI/c1-3-9(2)20-12(17)19-7-10-5-4-6-18-11(10)21-8-13(14,15)16;/h4-6,9H,3,7-8H2,1-2H3,(H3,17,19,20);1H. The lowest BCUT2D eigenvalue weighted by Crippen LogP contribution is -2.38. The van der Waals surface area contributed by atoms with E-state index in [0.29, 0.717) is 5.56 Å². The molecule has 1 rings (SSSR count). The number of nitrogens with one attached hydrogen (secondary N) is 1. The molecule has 0 amide bonds. The van der Waals surface area contributed by atoms with Gasteiger partial charge in [-0.1, -0.05) is 13.0 Å². The van der Waals surface area contributed by atoms with E-state index >= 15 is 0 Å². The summed E-state index contributed by atoms with van der Waals surface area (Å²) in [6.45, 7) is 2.65. The fourth-order valence-corrected chi connectivity index (χ4v) is 1.40. The summed E-state index contributed by atoms with van der Waals surface area (Å²) in [7, 11) is 0. The summed E-state index contributed by atoms with van der Waals surface area (Å²) >= 11 is 0. The molecule has 3 N–H and O–H groups in total. The number of ether oxygens (including phenoxy) is 1. The fourth-order valence-electron chi connectivity index (χ4n) is 1.40. The zero-order valence-electron chi connectivity index (χ0n) is 12.4. The Labute approximate surface area is 144 Å². The van der Waals surface area contributed by atoms with E-state index in [1.165, 1.54) is 6.20 Å². The van der Waals surface area contributed by atoms with Crippen LogP contribution in [0.15, 0.2) is 23.3 Å². The first-order valence-electron chi connectivity index (χ1n) is 6.51. The highest BCUT2D eigenvalue weighted by Gasteiger charge is 2.29. The van der Waals surface area contributed by atoms with Crippen LogP contribution < -0.4 is 15.8 Å². The van der Waals surface area contributed by atoms with Crippen LogP contribution in [0.5, 0.6) is 5.88 Å². The number of rotatable bonds is 6. The lowest BCUT2D eigenvalue weighted by molar-refractivity contribution is -0.154. The summed E-state index contributed by atoms with van der Waals surface area (Å²) in [4.78, 5) is 7.85. The van der Waals surface area contributed by atoms with E-state index in [2.05, 4.69) is 20.0 Å². The first-order valence-corrected chi connectivity index (χ1v) is 6.51. The maximum atomic E-state index is 12.2. The second-order valence-electron chi connectivity index (χ2n) is 4.53. The first-order chi connectivity index (χ1) is 9.81. The topological polar surface area (TPSA) is 72.5 Å². The van der Waals surface area contributed by atoms with Crippen LogP contribution in [0.4, 0.5) is 13.2 Å². The van der Waals surface area contributed by atoms with Crippen molar-refractivity contribution in [3.05, 3.63) is 23.9 Å². The molecular formula is C13H20F3IN4O. The SMILES string of the molecule is CCC(C)NC(N)=NCc1cccnc1OCC(F)(F)F.I. The third kappa shape index (κ3) is 8.25. The lowest BCUT2D eigenvalue weighted by Gasteiger charge is -2.13. The average molecular weight is 432 g/mol. The van der Waals surface area contributed by atoms with Crippen molar-refractivity contribution in [3.63, 3.8) is 0 Å². The van der Waals surface area contributed by atoms with Crippen LogP contribution in [0, 0.1) is 0 Å². The van der Waals surface area contributed by atoms with Gasteiger partial charge in [-0.15, -0.1) is 24.0 Å². The molecule has 0 spiro atoms. The van der Waals surface area contributed by atoms with Gasteiger partial charge in [0.05, 0.1) is 6.54 Å². The normalized spacial score (nSPS) is 13.2. The Morgan fingerprint density at radius 3 is 2.77 bits per heavy atom. The molecule has 0 saturated carbocycles. The Hall–Kier alpha value is -1.26. The van der Waals surface area contributed by atoms with Crippen molar-refractivity contribution in [1.82, 2.24) is 10.3 Å². The average Bonchev–Trinajstić information content (AvgIpc) is 2.42. The molecule has 5 nitrogen and oxygen atoms in total. The molecule has 0 aliphatic rings. The molecule has 1 unspecified atom stereocenters. The van der Waals surface area contributed by atoms with Crippen molar-refractivity contribution in [2.45, 2.75) is 39.0 Å². The molecule has 0 aromatic carbocycles. The molecule has 9 heteroatoms. The zero-order chi connectivity index (χ0) is 15.9. The quantitative estimate of drug-likeness (QED) is 0.412. The van der Waals surface area contributed by atoms with Gasteiger partial charge < -0.3 is 15.8 Å². The molecule has 0 bridgehead atoms. The number of aromatic nitrogens is 1. The van der Waals surface area contributed by atoms with Crippen LogP contribution in [-0.2, 0) is 6.54 Å². The Balaban J connectivity index is 0.00000441. The van der Waals surface area contributed by atoms with Gasteiger partial charge >= 0.3 is 6.18 Å². The minimum absolute atomic E-state index is 0. The number of guanidine groups is 1. The summed E-state index contributed by atoms with van der Waals surface area (Å²) in [6, 6.07) is 3.37. The van der Waals surface area contributed by atoms with E-state index in [-0.39, 0.29) is 48.4 Å². The van der Waals surface area contributed by atoms with E-state index in [1.54, 1.807) is 12.1 Å². The maximum absolute atomic E-state index is 12.2. The van der Waals surface area contributed by atoms with Crippen LogP contribution >= 0.6 is 24.0 Å². The number of alkyl halides is 3. The van der Waals surface area contributed by atoms with Gasteiger partial charge in [-0.25, -0.2) is 9.98 Å². The van der Waals surface area contributed by atoms with E-state index in [0.717, 1.165) is 6.42 Å². The molecule has 126 valence electrons. The Morgan fingerprint density at radius 2 is 2.18 bits per heavy atom. The number of nitrogens with zero attached hydrogens (tertiary/aromatic N) is 2. The molecule has 1 heterocycles. The molecule has 0 aliphatic carbocycles. The first kappa shape index (κ1) is 20.7. The second-order valence-corrected chi connectivity index (χ2v) is 4.53. The molecule has 0 aliphatic heterocycles. The van der Waals surface area contributed by atoms with Gasteiger partial charge in [-0.3, -0.25) is 0 Å². The summed E-state index contributed by atoms with van der Waals surface area (Å²) in [5.41, 5.74) is 6.13. The number of hydrogen-bond acceptors (Lipinski definition) is 3. The van der Waals surface area contributed by atoms with Crippen molar-refractivity contribution < 1.29 is 17.9 Å².